The third kappa shape index (κ3) is 4.42. The van der Waals surface area contributed by atoms with Gasteiger partial charge in [-0.15, -0.1) is 11.3 Å². The Bertz CT molecular complexity index is 2840. The van der Waals surface area contributed by atoms with Crippen molar-refractivity contribution in [3.63, 3.8) is 0 Å². The van der Waals surface area contributed by atoms with Crippen LogP contribution >= 0.6 is 11.3 Å². The third-order valence-electron chi connectivity index (χ3n) is 7.75. The van der Waals surface area contributed by atoms with E-state index in [9.17, 15) is 1.37 Å². The number of nitrogen functional groups attached to an aromatic ring is 1. The molecule has 0 fully saturated rings. The summed E-state index contributed by atoms with van der Waals surface area (Å²) >= 11 is 1.09. The monoisotopic (exact) mass is 602 g/mol. The summed E-state index contributed by atoms with van der Waals surface area (Å²) in [5.41, 5.74) is 10.4. The SMILES string of the molecule is [2H]c1c(N)c([2H])c2sc3c([2H])c(-c4ccc5oc6cc(-c7nc(-c8ccccc8)nc(-c8ccccc8)n7)ccc6c5c4)c([2H])c([2H])c3c2c1[2H]. The zero-order chi connectivity index (χ0) is 35.1. The summed E-state index contributed by atoms with van der Waals surface area (Å²) in [6.07, 6.45) is 0. The van der Waals surface area contributed by atoms with Crippen molar-refractivity contribution in [2.45, 2.75) is 0 Å². The van der Waals surface area contributed by atoms with Crippen molar-refractivity contribution >= 4 is 59.1 Å². The zero-order valence-corrected chi connectivity index (χ0v) is 24.3. The van der Waals surface area contributed by atoms with Crippen LogP contribution in [0.4, 0.5) is 5.69 Å². The van der Waals surface area contributed by atoms with Gasteiger partial charge in [0.25, 0.3) is 0 Å². The van der Waals surface area contributed by atoms with Crippen molar-refractivity contribution in [1.82, 2.24) is 15.0 Å². The number of hydrogen-bond donors (Lipinski definition) is 1. The molecule has 0 saturated heterocycles. The quantitative estimate of drug-likeness (QED) is 0.203. The molecule has 2 N–H and O–H groups in total. The van der Waals surface area contributed by atoms with Crippen LogP contribution in [0.15, 0.2) is 138 Å². The van der Waals surface area contributed by atoms with Gasteiger partial charge in [-0.1, -0.05) is 90.9 Å². The standard InChI is InChI=1S/C39H24N4OS/c40-28-14-17-31-30-16-11-26(21-35(30)45-36(31)22-28)25-13-18-33-32(19-25)29-15-12-27(20-34(29)44-33)39-42-37(23-7-3-1-4-8-23)41-38(43-39)24-9-5-2-6-10-24/h1-22H,40H2/i11D,14D,16D,17D,21D,22D. The molecule has 0 amide bonds. The molecule has 0 unspecified atom stereocenters. The lowest BCUT2D eigenvalue weighted by Crippen LogP contribution is -2.00. The molecule has 45 heavy (non-hydrogen) atoms. The maximum absolute atomic E-state index is 9.18. The Labute approximate surface area is 270 Å². The number of furan rings is 1. The molecule has 3 aromatic heterocycles. The van der Waals surface area contributed by atoms with Gasteiger partial charge in [0.15, 0.2) is 17.5 Å². The third-order valence-corrected chi connectivity index (χ3v) is 8.77. The minimum Gasteiger partial charge on any atom is -0.456 e. The molecule has 0 aliphatic rings. The van der Waals surface area contributed by atoms with Crippen molar-refractivity contribution < 1.29 is 12.6 Å². The molecule has 3 heterocycles. The Kier molecular flexibility index (Phi) is 4.53. The number of thiophene rings is 1. The fourth-order valence-electron chi connectivity index (χ4n) is 5.55. The Hall–Kier alpha value is -5.85. The highest BCUT2D eigenvalue weighted by atomic mass is 32.1. The largest absolute Gasteiger partial charge is 0.456 e. The van der Waals surface area contributed by atoms with Crippen molar-refractivity contribution in [2.24, 2.45) is 0 Å². The first-order valence-corrected chi connectivity index (χ1v) is 15.1. The molecule has 6 heteroatoms. The predicted octanol–water partition coefficient (Wildman–Crippen LogP) is 10.4. The molecule has 0 radical (unpaired) electrons. The lowest BCUT2D eigenvalue weighted by molar-refractivity contribution is 0.669. The first-order valence-electron chi connectivity index (χ1n) is 17.2. The number of nitrogens with two attached hydrogens (primary N) is 1. The summed E-state index contributed by atoms with van der Waals surface area (Å²) in [5, 5.41) is 2.04. The number of anilines is 1. The second-order valence-corrected chi connectivity index (χ2v) is 11.6. The Morgan fingerprint density at radius 2 is 1.13 bits per heavy atom. The first kappa shape index (κ1) is 20.2. The van der Waals surface area contributed by atoms with Crippen LogP contribution in [0, 0.1) is 0 Å². The fraction of sp³-hybridized carbons (Fsp3) is 0. The van der Waals surface area contributed by atoms with Gasteiger partial charge < -0.3 is 10.2 Å². The van der Waals surface area contributed by atoms with Crippen LogP contribution in [0.25, 0.3) is 87.4 Å². The van der Waals surface area contributed by atoms with Gasteiger partial charge in [0.1, 0.15) is 11.2 Å². The van der Waals surface area contributed by atoms with Crippen LogP contribution in [0.2, 0.25) is 0 Å². The minimum absolute atomic E-state index is 0.0174. The normalized spacial score (nSPS) is 13.5. The van der Waals surface area contributed by atoms with E-state index in [1.54, 1.807) is 12.1 Å². The summed E-state index contributed by atoms with van der Waals surface area (Å²) in [6, 6.07) is 29.8. The van der Waals surface area contributed by atoms with Crippen LogP contribution in [-0.2, 0) is 0 Å². The summed E-state index contributed by atoms with van der Waals surface area (Å²) in [4.78, 5) is 14.5. The smallest absolute Gasteiger partial charge is 0.164 e. The Morgan fingerprint density at radius 3 is 1.84 bits per heavy atom. The van der Waals surface area contributed by atoms with Gasteiger partial charge in [-0.05, 0) is 53.5 Å². The number of benzene rings is 6. The van der Waals surface area contributed by atoms with E-state index in [4.69, 9.17) is 32.0 Å². The van der Waals surface area contributed by atoms with E-state index in [2.05, 4.69) is 0 Å². The van der Waals surface area contributed by atoms with Gasteiger partial charge in [-0.25, -0.2) is 15.0 Å². The predicted molar refractivity (Wildman–Crippen MR) is 186 cm³/mol. The van der Waals surface area contributed by atoms with E-state index in [0.29, 0.717) is 43.6 Å². The highest BCUT2D eigenvalue weighted by molar-refractivity contribution is 7.25. The van der Waals surface area contributed by atoms with Crippen molar-refractivity contribution in [1.29, 1.82) is 0 Å². The number of aromatic nitrogens is 3. The van der Waals surface area contributed by atoms with Gasteiger partial charge in [0.2, 0.25) is 0 Å². The fourth-order valence-corrected chi connectivity index (χ4v) is 6.58. The van der Waals surface area contributed by atoms with Crippen molar-refractivity contribution in [3.05, 3.63) is 133 Å². The average Bonchev–Trinajstić information content (AvgIpc) is 3.75. The van der Waals surface area contributed by atoms with E-state index in [1.807, 2.05) is 84.9 Å². The van der Waals surface area contributed by atoms with Crippen molar-refractivity contribution in [2.75, 3.05) is 5.73 Å². The molecule has 6 aromatic carbocycles. The molecule has 9 rings (SSSR count). The number of rotatable bonds is 4. The number of fused-ring (bicyclic) bond motifs is 6. The molecule has 9 aromatic rings. The van der Waals surface area contributed by atoms with Gasteiger partial charge in [0, 0.05) is 53.3 Å². The van der Waals surface area contributed by atoms with Crippen LogP contribution in [0.3, 0.4) is 0 Å². The maximum atomic E-state index is 9.18. The molecule has 0 bridgehead atoms. The Balaban J connectivity index is 1.19. The zero-order valence-electron chi connectivity index (χ0n) is 29.5. The second-order valence-electron chi connectivity index (χ2n) is 10.6. The molecule has 0 spiro atoms. The summed E-state index contributed by atoms with van der Waals surface area (Å²) in [6.45, 7) is 0. The van der Waals surface area contributed by atoms with Crippen LogP contribution in [0.5, 0.6) is 0 Å². The molecule has 0 aliphatic carbocycles. The number of nitrogens with zero attached hydrogens (tertiary/aromatic N) is 3. The minimum atomic E-state index is -0.294. The lowest BCUT2D eigenvalue weighted by atomic mass is 10.0. The molecule has 212 valence electrons. The van der Waals surface area contributed by atoms with Crippen LogP contribution < -0.4 is 5.73 Å². The highest BCUT2D eigenvalue weighted by Crippen LogP contribution is 2.39. The molecule has 5 nitrogen and oxygen atoms in total. The molecule has 0 saturated carbocycles. The van der Waals surface area contributed by atoms with Gasteiger partial charge in [0.05, 0.1) is 8.22 Å². The molecule has 0 aliphatic heterocycles. The van der Waals surface area contributed by atoms with E-state index < -0.39 is 0 Å². The van der Waals surface area contributed by atoms with E-state index >= 15 is 0 Å². The molecular formula is C39H24N4OS. The van der Waals surface area contributed by atoms with E-state index in [0.717, 1.165) is 38.8 Å². The molecular weight excluding hydrogens is 573 g/mol. The molecule has 0 atom stereocenters. The summed E-state index contributed by atoms with van der Waals surface area (Å²) < 4.78 is 59.3. The van der Waals surface area contributed by atoms with E-state index in [1.165, 1.54) is 0 Å². The van der Waals surface area contributed by atoms with Gasteiger partial charge >= 0.3 is 0 Å². The van der Waals surface area contributed by atoms with E-state index in [-0.39, 0.29) is 58.3 Å². The Morgan fingerprint density at radius 1 is 0.511 bits per heavy atom. The lowest BCUT2D eigenvalue weighted by Gasteiger charge is -2.08. The summed E-state index contributed by atoms with van der Waals surface area (Å²) in [7, 11) is 0. The van der Waals surface area contributed by atoms with Gasteiger partial charge in [-0.2, -0.15) is 0 Å². The second kappa shape index (κ2) is 10.1. The van der Waals surface area contributed by atoms with Gasteiger partial charge in [-0.3, -0.25) is 0 Å². The summed E-state index contributed by atoms with van der Waals surface area (Å²) in [5.74, 6) is 1.60. The van der Waals surface area contributed by atoms with Crippen LogP contribution in [-0.4, -0.2) is 15.0 Å². The first-order chi connectivity index (χ1) is 24.7. The average molecular weight is 603 g/mol. The topological polar surface area (TPSA) is 77.8 Å². The highest BCUT2D eigenvalue weighted by Gasteiger charge is 2.15. The van der Waals surface area contributed by atoms with Crippen LogP contribution in [0.1, 0.15) is 8.22 Å². The number of hydrogen-bond acceptors (Lipinski definition) is 6. The van der Waals surface area contributed by atoms with Crippen molar-refractivity contribution in [3.8, 4) is 45.3 Å². The maximum Gasteiger partial charge on any atom is 0.164 e.